The topological polar surface area (TPSA) is 116 Å². The van der Waals surface area contributed by atoms with Crippen LogP contribution in [0.5, 0.6) is 0 Å². The van der Waals surface area contributed by atoms with E-state index in [1.807, 2.05) is 4.90 Å². The summed E-state index contributed by atoms with van der Waals surface area (Å²) in [4.78, 5) is 35.8. The number of amides is 1. The summed E-state index contributed by atoms with van der Waals surface area (Å²) in [6, 6.07) is 4.21. The van der Waals surface area contributed by atoms with Crippen LogP contribution in [0.15, 0.2) is 18.2 Å². The van der Waals surface area contributed by atoms with E-state index in [0.717, 1.165) is 25.9 Å². The summed E-state index contributed by atoms with van der Waals surface area (Å²) in [5.74, 6) is -1.14. The molecule has 1 amide bonds. The largest absolute Gasteiger partial charge is 0.449 e. The summed E-state index contributed by atoms with van der Waals surface area (Å²) in [6.45, 7) is 4.93. The van der Waals surface area contributed by atoms with Gasteiger partial charge in [0.25, 0.3) is 11.6 Å². The van der Waals surface area contributed by atoms with Crippen LogP contribution >= 0.6 is 0 Å². The summed E-state index contributed by atoms with van der Waals surface area (Å²) in [5.41, 5.74) is 5.41. The fraction of sp³-hybridized carbons (Fsp3) is 0.500. The standard InChI is InChI=1S/C16H21N3O5/c1-10-4-3-7-18(9-10)13-6-5-12(8-14(13)19(22)23)16(21)24-11(2)15(17)20/h5-6,8,10-11H,3-4,7,9H2,1-2H3,(H2,17,20)/t10-,11+/m0/s1. The molecule has 1 fully saturated rings. The van der Waals surface area contributed by atoms with Gasteiger partial charge in [0.05, 0.1) is 10.5 Å². The smallest absolute Gasteiger partial charge is 0.339 e. The number of rotatable bonds is 5. The number of benzene rings is 1. The van der Waals surface area contributed by atoms with Crippen LogP contribution in [0, 0.1) is 16.0 Å². The van der Waals surface area contributed by atoms with Gasteiger partial charge in [0.2, 0.25) is 0 Å². The van der Waals surface area contributed by atoms with Crippen LogP contribution in [0.4, 0.5) is 11.4 Å². The molecule has 8 nitrogen and oxygen atoms in total. The van der Waals surface area contributed by atoms with Crippen molar-refractivity contribution in [3.8, 4) is 0 Å². The average Bonchev–Trinajstić information content (AvgIpc) is 2.54. The van der Waals surface area contributed by atoms with Gasteiger partial charge >= 0.3 is 5.97 Å². The minimum absolute atomic E-state index is 0.0172. The van der Waals surface area contributed by atoms with Crippen molar-refractivity contribution >= 4 is 23.3 Å². The van der Waals surface area contributed by atoms with E-state index in [9.17, 15) is 19.7 Å². The first-order chi connectivity index (χ1) is 11.3. The van der Waals surface area contributed by atoms with E-state index in [1.165, 1.54) is 19.1 Å². The molecule has 8 heteroatoms. The maximum Gasteiger partial charge on any atom is 0.339 e. The summed E-state index contributed by atoms with van der Waals surface area (Å²) in [6.07, 6.45) is 0.969. The van der Waals surface area contributed by atoms with Crippen LogP contribution in [0.25, 0.3) is 0 Å². The molecular formula is C16H21N3O5. The molecule has 0 spiro atoms. The summed E-state index contributed by atoms with van der Waals surface area (Å²) in [5, 5.41) is 11.4. The fourth-order valence-electron chi connectivity index (χ4n) is 2.76. The Bertz CT molecular complexity index is 661. The second kappa shape index (κ2) is 7.29. The van der Waals surface area contributed by atoms with Crippen molar-refractivity contribution in [2.75, 3.05) is 18.0 Å². The van der Waals surface area contributed by atoms with Crippen molar-refractivity contribution < 1.29 is 19.2 Å². The Hall–Kier alpha value is -2.64. The highest BCUT2D eigenvalue weighted by Gasteiger charge is 2.26. The van der Waals surface area contributed by atoms with Crippen molar-refractivity contribution in [1.29, 1.82) is 0 Å². The van der Waals surface area contributed by atoms with Crippen LogP contribution in [0.1, 0.15) is 37.0 Å². The number of nitro groups is 1. The van der Waals surface area contributed by atoms with E-state index < -0.39 is 22.9 Å². The van der Waals surface area contributed by atoms with Crippen LogP contribution in [0.2, 0.25) is 0 Å². The first-order valence-electron chi connectivity index (χ1n) is 7.83. The van der Waals surface area contributed by atoms with Crippen molar-refractivity contribution in [1.82, 2.24) is 0 Å². The molecule has 0 radical (unpaired) electrons. The maximum atomic E-state index is 12.0. The van der Waals surface area contributed by atoms with Gasteiger partial charge < -0.3 is 15.4 Å². The highest BCUT2D eigenvalue weighted by molar-refractivity contribution is 5.93. The molecule has 2 N–H and O–H groups in total. The SMILES string of the molecule is C[C@H]1CCCN(c2ccc(C(=O)O[C@H](C)C(N)=O)cc2[N+](=O)[O-])C1. The number of esters is 1. The Morgan fingerprint density at radius 1 is 1.46 bits per heavy atom. The van der Waals surface area contributed by atoms with Crippen LogP contribution in [-0.2, 0) is 9.53 Å². The Balaban J connectivity index is 2.28. The molecular weight excluding hydrogens is 314 g/mol. The number of nitrogens with two attached hydrogens (primary N) is 1. The molecule has 2 rings (SSSR count). The predicted molar refractivity (Wildman–Crippen MR) is 87.8 cm³/mol. The van der Waals surface area contributed by atoms with Crippen LogP contribution in [0.3, 0.4) is 0 Å². The summed E-state index contributed by atoms with van der Waals surface area (Å²) < 4.78 is 4.89. The number of carbonyl (C=O) groups excluding carboxylic acids is 2. The first-order valence-corrected chi connectivity index (χ1v) is 7.83. The molecule has 1 saturated heterocycles. The zero-order valence-corrected chi connectivity index (χ0v) is 13.7. The quantitative estimate of drug-likeness (QED) is 0.499. The van der Waals surface area contributed by atoms with E-state index in [-0.39, 0.29) is 11.3 Å². The average molecular weight is 335 g/mol. The van der Waals surface area contributed by atoms with Crippen LogP contribution < -0.4 is 10.6 Å². The normalized spacial score (nSPS) is 18.8. The highest BCUT2D eigenvalue weighted by atomic mass is 16.6. The molecule has 1 aromatic carbocycles. The number of anilines is 1. The molecule has 1 heterocycles. The molecule has 2 atom stereocenters. The molecule has 1 aliphatic heterocycles. The molecule has 0 unspecified atom stereocenters. The predicted octanol–water partition coefficient (Wildman–Crippen LogP) is 1.86. The third-order valence-electron chi connectivity index (χ3n) is 4.09. The maximum absolute atomic E-state index is 12.0. The third-order valence-corrected chi connectivity index (χ3v) is 4.09. The Kier molecular flexibility index (Phi) is 5.38. The molecule has 130 valence electrons. The summed E-state index contributed by atoms with van der Waals surface area (Å²) in [7, 11) is 0. The van der Waals surface area contributed by atoms with E-state index >= 15 is 0 Å². The molecule has 0 aromatic heterocycles. The van der Waals surface area contributed by atoms with E-state index in [1.54, 1.807) is 6.07 Å². The monoisotopic (exact) mass is 335 g/mol. The van der Waals surface area contributed by atoms with Gasteiger partial charge in [-0.25, -0.2) is 4.79 Å². The highest BCUT2D eigenvalue weighted by Crippen LogP contribution is 2.32. The van der Waals surface area contributed by atoms with Gasteiger partial charge in [0.1, 0.15) is 5.69 Å². The van der Waals surface area contributed by atoms with Crippen molar-refractivity contribution in [3.63, 3.8) is 0 Å². The van der Waals surface area contributed by atoms with E-state index in [0.29, 0.717) is 11.6 Å². The van der Waals surface area contributed by atoms with Crippen molar-refractivity contribution in [3.05, 3.63) is 33.9 Å². The Morgan fingerprint density at radius 2 is 2.17 bits per heavy atom. The van der Waals surface area contributed by atoms with Crippen molar-refractivity contribution in [2.24, 2.45) is 11.7 Å². The molecule has 0 bridgehead atoms. The van der Waals surface area contributed by atoms with Gasteiger partial charge in [-0.2, -0.15) is 0 Å². The Morgan fingerprint density at radius 3 is 2.75 bits per heavy atom. The number of ether oxygens (including phenoxy) is 1. The summed E-state index contributed by atoms with van der Waals surface area (Å²) >= 11 is 0. The lowest BCUT2D eigenvalue weighted by Crippen LogP contribution is -2.34. The lowest BCUT2D eigenvalue weighted by atomic mass is 9.99. The van der Waals surface area contributed by atoms with Gasteiger partial charge in [0.15, 0.2) is 6.10 Å². The van der Waals surface area contributed by atoms with Gasteiger partial charge in [-0.1, -0.05) is 6.92 Å². The minimum Gasteiger partial charge on any atom is -0.449 e. The fourth-order valence-corrected chi connectivity index (χ4v) is 2.76. The molecule has 24 heavy (non-hydrogen) atoms. The molecule has 0 aliphatic carbocycles. The number of carbonyl (C=O) groups is 2. The zero-order chi connectivity index (χ0) is 17.9. The second-order valence-electron chi connectivity index (χ2n) is 6.10. The lowest BCUT2D eigenvalue weighted by molar-refractivity contribution is -0.384. The molecule has 1 aliphatic rings. The van der Waals surface area contributed by atoms with E-state index in [2.05, 4.69) is 6.92 Å². The van der Waals surface area contributed by atoms with Crippen LogP contribution in [-0.4, -0.2) is 36.0 Å². The number of primary amides is 1. The lowest BCUT2D eigenvalue weighted by Gasteiger charge is -2.32. The molecule has 0 saturated carbocycles. The van der Waals surface area contributed by atoms with Gasteiger partial charge in [-0.05, 0) is 37.8 Å². The minimum atomic E-state index is -1.10. The van der Waals surface area contributed by atoms with Gasteiger partial charge in [-0.15, -0.1) is 0 Å². The van der Waals surface area contributed by atoms with Gasteiger partial charge in [0, 0.05) is 19.2 Å². The first kappa shape index (κ1) is 17.7. The van der Waals surface area contributed by atoms with Gasteiger partial charge in [-0.3, -0.25) is 14.9 Å². The number of nitrogens with zero attached hydrogens (tertiary/aromatic N) is 2. The zero-order valence-electron chi connectivity index (χ0n) is 13.7. The number of piperidine rings is 1. The van der Waals surface area contributed by atoms with E-state index in [4.69, 9.17) is 10.5 Å². The second-order valence-corrected chi connectivity index (χ2v) is 6.10. The number of hydrogen-bond donors (Lipinski definition) is 1. The number of hydrogen-bond acceptors (Lipinski definition) is 6. The molecule has 1 aromatic rings. The Labute approximate surface area is 139 Å². The third kappa shape index (κ3) is 4.01. The number of nitro benzene ring substituents is 1. The van der Waals surface area contributed by atoms with Crippen molar-refractivity contribution in [2.45, 2.75) is 32.8 Å².